The molecule has 0 aliphatic heterocycles. The first-order valence-corrected chi connectivity index (χ1v) is 3.58. The Morgan fingerprint density at radius 1 is 1.77 bits per heavy atom. The molecule has 1 N–H and O–H groups in total. The van der Waals surface area contributed by atoms with Gasteiger partial charge in [-0.2, -0.15) is 0 Å². The van der Waals surface area contributed by atoms with Gasteiger partial charge < -0.3 is 9.84 Å². The highest BCUT2D eigenvalue weighted by Crippen LogP contribution is 2.16. The van der Waals surface area contributed by atoms with E-state index in [1.807, 2.05) is 0 Å². The first kappa shape index (κ1) is 9.25. The van der Waals surface area contributed by atoms with Crippen molar-refractivity contribution in [2.24, 2.45) is 0 Å². The Hall–Kier alpha value is -1.84. The van der Waals surface area contributed by atoms with Crippen molar-refractivity contribution in [3.8, 4) is 5.88 Å². The van der Waals surface area contributed by atoms with E-state index < -0.39 is 5.97 Å². The molecule has 0 amide bonds. The van der Waals surface area contributed by atoms with E-state index in [2.05, 4.69) is 11.6 Å². The summed E-state index contributed by atoms with van der Waals surface area (Å²) in [5.41, 5.74) is 0.693. The van der Waals surface area contributed by atoms with Crippen LogP contribution < -0.4 is 4.74 Å². The van der Waals surface area contributed by atoms with Crippen molar-refractivity contribution in [3.63, 3.8) is 0 Å². The maximum atomic E-state index is 10.6. The third kappa shape index (κ3) is 1.84. The molecule has 0 atom stereocenters. The van der Waals surface area contributed by atoms with Gasteiger partial charge in [0.25, 0.3) is 0 Å². The van der Waals surface area contributed by atoms with Crippen LogP contribution in [-0.4, -0.2) is 23.2 Å². The van der Waals surface area contributed by atoms with Crippen LogP contribution in [0.4, 0.5) is 0 Å². The maximum absolute atomic E-state index is 10.6. The van der Waals surface area contributed by atoms with E-state index in [-0.39, 0.29) is 5.56 Å². The topological polar surface area (TPSA) is 59.4 Å². The maximum Gasteiger partial charge on any atom is 0.337 e. The van der Waals surface area contributed by atoms with Crippen molar-refractivity contribution < 1.29 is 14.6 Å². The SMILES string of the molecule is C=Cc1cc(C(=O)O)cnc1OC. The molecule has 0 saturated carbocycles. The van der Waals surface area contributed by atoms with Crippen LogP contribution in [0.2, 0.25) is 0 Å². The number of aromatic carboxylic acids is 1. The molecule has 0 bridgehead atoms. The van der Waals surface area contributed by atoms with Crippen LogP contribution in [0.5, 0.6) is 5.88 Å². The molecule has 1 aromatic rings. The average molecular weight is 179 g/mol. The van der Waals surface area contributed by atoms with Gasteiger partial charge in [-0.1, -0.05) is 12.7 Å². The second-order valence-electron chi connectivity index (χ2n) is 2.33. The number of carbonyl (C=O) groups is 1. The van der Waals surface area contributed by atoms with E-state index in [0.29, 0.717) is 11.4 Å². The standard InChI is InChI=1S/C9H9NO3/c1-3-6-4-7(9(11)12)5-10-8(6)13-2/h3-5H,1H2,2H3,(H,11,12). The summed E-state index contributed by atoms with van der Waals surface area (Å²) in [4.78, 5) is 14.4. The Morgan fingerprint density at radius 3 is 2.92 bits per heavy atom. The molecule has 1 rings (SSSR count). The largest absolute Gasteiger partial charge is 0.481 e. The quantitative estimate of drug-likeness (QED) is 0.762. The summed E-state index contributed by atoms with van der Waals surface area (Å²) < 4.78 is 4.90. The lowest BCUT2D eigenvalue weighted by molar-refractivity contribution is 0.0696. The van der Waals surface area contributed by atoms with E-state index in [9.17, 15) is 4.79 Å². The number of ether oxygens (including phenoxy) is 1. The molecule has 0 fully saturated rings. The summed E-state index contributed by atoms with van der Waals surface area (Å²) in [6.45, 7) is 3.53. The normalized spacial score (nSPS) is 9.31. The summed E-state index contributed by atoms with van der Waals surface area (Å²) in [5, 5.41) is 8.65. The zero-order chi connectivity index (χ0) is 9.84. The zero-order valence-electron chi connectivity index (χ0n) is 7.15. The lowest BCUT2D eigenvalue weighted by Gasteiger charge is -2.03. The second-order valence-corrected chi connectivity index (χ2v) is 2.33. The molecule has 1 aromatic heterocycles. The Balaban J connectivity index is 3.20. The Labute approximate surface area is 75.5 Å². The van der Waals surface area contributed by atoms with Crippen LogP contribution in [0.15, 0.2) is 18.8 Å². The first-order chi connectivity index (χ1) is 6.19. The minimum Gasteiger partial charge on any atom is -0.481 e. The Morgan fingerprint density at radius 2 is 2.46 bits per heavy atom. The minimum absolute atomic E-state index is 0.121. The molecule has 0 saturated heterocycles. The number of carboxylic acids is 1. The Bertz CT molecular complexity index is 347. The number of hydrogen-bond donors (Lipinski definition) is 1. The van der Waals surface area contributed by atoms with Gasteiger partial charge in [0.2, 0.25) is 5.88 Å². The van der Waals surface area contributed by atoms with Crippen molar-refractivity contribution in [3.05, 3.63) is 30.0 Å². The van der Waals surface area contributed by atoms with E-state index in [1.165, 1.54) is 25.4 Å². The minimum atomic E-state index is -1.02. The number of carboxylic acid groups (broad SMARTS) is 1. The lowest BCUT2D eigenvalue weighted by Crippen LogP contribution is -1.99. The Kier molecular flexibility index (Phi) is 2.64. The lowest BCUT2D eigenvalue weighted by atomic mass is 10.2. The van der Waals surface area contributed by atoms with Crippen molar-refractivity contribution in [2.45, 2.75) is 0 Å². The number of rotatable bonds is 3. The third-order valence-corrected chi connectivity index (χ3v) is 1.54. The molecule has 0 spiro atoms. The fourth-order valence-corrected chi connectivity index (χ4v) is 0.903. The smallest absolute Gasteiger partial charge is 0.337 e. The van der Waals surface area contributed by atoms with Crippen molar-refractivity contribution in [2.75, 3.05) is 7.11 Å². The fraction of sp³-hybridized carbons (Fsp3) is 0.111. The van der Waals surface area contributed by atoms with Crippen LogP contribution in [0.3, 0.4) is 0 Å². The van der Waals surface area contributed by atoms with Gasteiger partial charge in [0.1, 0.15) is 0 Å². The monoisotopic (exact) mass is 179 g/mol. The molecule has 13 heavy (non-hydrogen) atoms. The van der Waals surface area contributed by atoms with E-state index in [4.69, 9.17) is 9.84 Å². The van der Waals surface area contributed by atoms with Crippen LogP contribution in [0.25, 0.3) is 6.08 Å². The van der Waals surface area contributed by atoms with E-state index in [1.54, 1.807) is 0 Å². The molecular formula is C9H9NO3. The van der Waals surface area contributed by atoms with Crippen LogP contribution >= 0.6 is 0 Å². The van der Waals surface area contributed by atoms with E-state index in [0.717, 1.165) is 0 Å². The van der Waals surface area contributed by atoms with Gasteiger partial charge in [0, 0.05) is 11.8 Å². The van der Waals surface area contributed by atoms with Crippen LogP contribution in [0, 0.1) is 0 Å². The third-order valence-electron chi connectivity index (χ3n) is 1.54. The predicted octanol–water partition coefficient (Wildman–Crippen LogP) is 1.43. The van der Waals surface area contributed by atoms with Crippen molar-refractivity contribution in [1.29, 1.82) is 0 Å². The van der Waals surface area contributed by atoms with Gasteiger partial charge in [-0.15, -0.1) is 0 Å². The second kappa shape index (κ2) is 3.71. The van der Waals surface area contributed by atoms with Crippen LogP contribution in [-0.2, 0) is 0 Å². The van der Waals surface area contributed by atoms with Gasteiger partial charge in [-0.3, -0.25) is 0 Å². The summed E-state index contributed by atoms with van der Waals surface area (Å²) >= 11 is 0. The van der Waals surface area contributed by atoms with Gasteiger partial charge in [-0.25, -0.2) is 9.78 Å². The van der Waals surface area contributed by atoms with Crippen molar-refractivity contribution >= 4 is 12.0 Å². The molecule has 68 valence electrons. The molecule has 1 heterocycles. The highest BCUT2D eigenvalue weighted by Gasteiger charge is 2.07. The van der Waals surface area contributed by atoms with Crippen LogP contribution in [0.1, 0.15) is 15.9 Å². The van der Waals surface area contributed by atoms with Gasteiger partial charge in [-0.05, 0) is 6.07 Å². The molecule has 0 aliphatic rings. The molecule has 0 radical (unpaired) electrons. The van der Waals surface area contributed by atoms with Crippen molar-refractivity contribution in [1.82, 2.24) is 4.98 Å². The summed E-state index contributed by atoms with van der Waals surface area (Å²) in [6, 6.07) is 1.46. The molecular weight excluding hydrogens is 170 g/mol. The first-order valence-electron chi connectivity index (χ1n) is 3.58. The highest BCUT2D eigenvalue weighted by atomic mass is 16.5. The highest BCUT2D eigenvalue weighted by molar-refractivity contribution is 5.88. The van der Waals surface area contributed by atoms with Gasteiger partial charge >= 0.3 is 5.97 Å². The molecule has 4 heteroatoms. The van der Waals surface area contributed by atoms with Gasteiger partial charge in [0.05, 0.1) is 12.7 Å². The number of methoxy groups -OCH3 is 1. The summed E-state index contributed by atoms with van der Waals surface area (Å²) in [7, 11) is 1.47. The molecule has 0 unspecified atom stereocenters. The number of nitrogens with zero attached hydrogens (tertiary/aromatic N) is 1. The molecule has 4 nitrogen and oxygen atoms in total. The number of aromatic nitrogens is 1. The predicted molar refractivity (Wildman–Crippen MR) is 47.8 cm³/mol. The average Bonchev–Trinajstić information content (AvgIpc) is 2.16. The zero-order valence-corrected chi connectivity index (χ0v) is 7.15. The summed E-state index contributed by atoms with van der Waals surface area (Å²) in [5.74, 6) is -0.641. The van der Waals surface area contributed by atoms with Gasteiger partial charge in [0.15, 0.2) is 0 Å². The molecule has 0 aromatic carbocycles. The number of pyridine rings is 1. The number of hydrogen-bond acceptors (Lipinski definition) is 3. The summed E-state index contributed by atoms with van der Waals surface area (Å²) in [6.07, 6.45) is 2.74. The fourth-order valence-electron chi connectivity index (χ4n) is 0.903. The molecule has 0 aliphatic carbocycles. The van der Waals surface area contributed by atoms with E-state index >= 15 is 0 Å².